The second kappa shape index (κ2) is 8.76. The summed E-state index contributed by atoms with van der Waals surface area (Å²) in [5.41, 5.74) is 1.62. The van der Waals surface area contributed by atoms with Crippen molar-refractivity contribution in [3.63, 3.8) is 0 Å². The van der Waals surface area contributed by atoms with E-state index in [1.54, 1.807) is 6.07 Å². The summed E-state index contributed by atoms with van der Waals surface area (Å²) in [7, 11) is 0. The van der Waals surface area contributed by atoms with E-state index < -0.39 is 0 Å². The Bertz CT molecular complexity index is 833. The summed E-state index contributed by atoms with van der Waals surface area (Å²) in [6, 6.07) is 3.83. The van der Waals surface area contributed by atoms with E-state index in [0.29, 0.717) is 17.5 Å². The van der Waals surface area contributed by atoms with Gasteiger partial charge in [0.05, 0.1) is 17.9 Å². The minimum absolute atomic E-state index is 0.0416. The maximum Gasteiger partial charge on any atom is 0.147 e. The van der Waals surface area contributed by atoms with Gasteiger partial charge in [-0.25, -0.2) is 4.39 Å². The molecule has 5 heteroatoms. The molecule has 30 heavy (non-hydrogen) atoms. The highest BCUT2D eigenvalue weighted by Gasteiger charge is 2.45. The summed E-state index contributed by atoms with van der Waals surface area (Å²) in [5.74, 6) is 1.40. The molecule has 0 radical (unpaired) electrons. The number of nitrogens with one attached hydrogen (secondary N) is 1. The van der Waals surface area contributed by atoms with Gasteiger partial charge in [0, 0.05) is 34.5 Å². The van der Waals surface area contributed by atoms with Crippen molar-refractivity contribution >= 4 is 21.6 Å². The summed E-state index contributed by atoms with van der Waals surface area (Å²) >= 11 is 3.50. The SMILES string of the molecule is CC1CCN(C[C@H]2CC[C@@H]3[C@H](O2)c2cc(Br)cc(F)c2N[C@H]3C2C=CC=CC2)CC1. The summed E-state index contributed by atoms with van der Waals surface area (Å²) in [6.45, 7) is 5.71. The maximum absolute atomic E-state index is 14.9. The van der Waals surface area contributed by atoms with Gasteiger partial charge in [-0.05, 0) is 63.2 Å². The average molecular weight is 475 g/mol. The van der Waals surface area contributed by atoms with E-state index in [9.17, 15) is 4.39 Å². The lowest BCUT2D eigenvalue weighted by Gasteiger charge is -2.48. The summed E-state index contributed by atoms with van der Waals surface area (Å²) in [4.78, 5) is 2.57. The first-order chi connectivity index (χ1) is 14.6. The molecule has 0 bridgehead atoms. The van der Waals surface area contributed by atoms with Crippen molar-refractivity contribution in [3.05, 3.63) is 52.3 Å². The molecule has 162 valence electrons. The lowest BCUT2D eigenvalue weighted by molar-refractivity contribution is -0.106. The van der Waals surface area contributed by atoms with E-state index in [-0.39, 0.29) is 24.1 Å². The molecule has 3 heterocycles. The Morgan fingerprint density at radius 2 is 2.00 bits per heavy atom. The number of fused-ring (bicyclic) bond motifs is 3. The number of allylic oxidation sites excluding steroid dienone is 3. The number of hydrogen-bond acceptors (Lipinski definition) is 3. The van der Waals surface area contributed by atoms with Gasteiger partial charge in [-0.3, -0.25) is 0 Å². The molecular formula is C25H32BrFN2O. The van der Waals surface area contributed by atoms with Crippen LogP contribution in [0.25, 0.3) is 0 Å². The standard InChI is InChI=1S/C25H32BrFN2O/c1-16-9-11-29(12-10-16)15-19-7-8-20-23(17-5-3-2-4-6-17)28-24-21(25(20)30-19)13-18(26)14-22(24)27/h2-5,13-14,16-17,19-20,23,25,28H,6-12,15H2,1H3/t17?,19-,20+,23+,25+/m1/s1. The first-order valence-corrected chi connectivity index (χ1v) is 12.3. The van der Waals surface area contributed by atoms with Crippen LogP contribution in [-0.4, -0.2) is 36.7 Å². The molecule has 1 aromatic rings. The fraction of sp³-hybridized carbons (Fsp3) is 0.600. The lowest BCUT2D eigenvalue weighted by Crippen LogP contribution is -2.49. The van der Waals surface area contributed by atoms with Gasteiger partial charge in [0.15, 0.2) is 0 Å². The van der Waals surface area contributed by atoms with Crippen LogP contribution >= 0.6 is 15.9 Å². The molecule has 3 nitrogen and oxygen atoms in total. The number of hydrogen-bond donors (Lipinski definition) is 1. The fourth-order valence-electron chi connectivity index (χ4n) is 5.78. The molecule has 5 rings (SSSR count). The summed E-state index contributed by atoms with van der Waals surface area (Å²) in [5, 5.41) is 3.59. The number of rotatable bonds is 3. The molecule has 3 aliphatic heterocycles. The van der Waals surface area contributed by atoms with E-state index in [2.05, 4.69) is 63.4 Å². The van der Waals surface area contributed by atoms with Crippen molar-refractivity contribution in [2.75, 3.05) is 25.0 Å². The Balaban J connectivity index is 1.39. The number of nitrogens with zero attached hydrogens (tertiary/aromatic N) is 1. The summed E-state index contributed by atoms with van der Waals surface area (Å²) in [6.07, 6.45) is 14.7. The van der Waals surface area contributed by atoms with Crippen molar-refractivity contribution in [1.29, 1.82) is 0 Å². The highest BCUT2D eigenvalue weighted by Crippen LogP contribution is 2.49. The number of piperidine rings is 1. The van der Waals surface area contributed by atoms with Crippen molar-refractivity contribution in [3.8, 4) is 0 Å². The molecule has 1 N–H and O–H groups in total. The van der Waals surface area contributed by atoms with Crippen molar-refractivity contribution in [2.45, 2.75) is 57.3 Å². The number of benzene rings is 1. The monoisotopic (exact) mass is 474 g/mol. The van der Waals surface area contributed by atoms with Crippen LogP contribution in [0.5, 0.6) is 0 Å². The van der Waals surface area contributed by atoms with Crippen LogP contribution in [0.1, 0.15) is 50.7 Å². The van der Waals surface area contributed by atoms with Crippen LogP contribution in [0.3, 0.4) is 0 Å². The first kappa shape index (κ1) is 20.7. The van der Waals surface area contributed by atoms with Gasteiger partial charge in [-0.2, -0.15) is 0 Å². The molecule has 2 fully saturated rings. The lowest BCUT2D eigenvalue weighted by atomic mass is 9.73. The molecular weight excluding hydrogens is 443 g/mol. The highest BCUT2D eigenvalue weighted by atomic mass is 79.9. The number of likely N-dealkylation sites (tertiary alicyclic amines) is 1. The molecule has 0 spiro atoms. The minimum Gasteiger partial charge on any atom is -0.379 e. The summed E-state index contributed by atoms with van der Waals surface area (Å²) < 4.78 is 22.5. The third-order valence-electron chi connectivity index (χ3n) is 7.53. The second-order valence-electron chi connectivity index (χ2n) is 9.64. The second-order valence-corrected chi connectivity index (χ2v) is 10.6. The number of halogens is 2. The molecule has 2 saturated heterocycles. The molecule has 0 saturated carbocycles. The van der Waals surface area contributed by atoms with Gasteiger partial charge >= 0.3 is 0 Å². The van der Waals surface area contributed by atoms with E-state index in [1.807, 2.05) is 0 Å². The topological polar surface area (TPSA) is 24.5 Å². The van der Waals surface area contributed by atoms with Crippen molar-refractivity contribution in [2.24, 2.45) is 17.8 Å². The van der Waals surface area contributed by atoms with E-state index >= 15 is 0 Å². The van der Waals surface area contributed by atoms with Crippen LogP contribution in [0.15, 0.2) is 40.9 Å². The zero-order valence-electron chi connectivity index (χ0n) is 17.7. The van der Waals surface area contributed by atoms with Gasteiger partial charge in [0.25, 0.3) is 0 Å². The highest BCUT2D eigenvalue weighted by molar-refractivity contribution is 9.10. The average Bonchev–Trinajstić information content (AvgIpc) is 2.75. The zero-order valence-corrected chi connectivity index (χ0v) is 19.3. The molecule has 0 amide bonds. The van der Waals surface area contributed by atoms with E-state index in [1.165, 1.54) is 25.9 Å². The Morgan fingerprint density at radius 1 is 1.17 bits per heavy atom. The third-order valence-corrected chi connectivity index (χ3v) is 7.99. The molecule has 5 atom stereocenters. The van der Waals surface area contributed by atoms with Gasteiger partial charge in [-0.1, -0.05) is 47.2 Å². The first-order valence-electron chi connectivity index (χ1n) is 11.5. The number of ether oxygens (including phenoxy) is 1. The van der Waals surface area contributed by atoms with Crippen LogP contribution < -0.4 is 5.32 Å². The van der Waals surface area contributed by atoms with Crippen molar-refractivity contribution < 1.29 is 9.13 Å². The van der Waals surface area contributed by atoms with Gasteiger partial charge in [0.1, 0.15) is 5.82 Å². The fourth-order valence-corrected chi connectivity index (χ4v) is 6.23. The molecule has 1 unspecified atom stereocenters. The quantitative estimate of drug-likeness (QED) is 0.573. The Labute approximate surface area is 187 Å². The predicted molar refractivity (Wildman–Crippen MR) is 123 cm³/mol. The third kappa shape index (κ3) is 4.13. The van der Waals surface area contributed by atoms with Gasteiger partial charge in [-0.15, -0.1) is 0 Å². The van der Waals surface area contributed by atoms with Crippen LogP contribution in [0.2, 0.25) is 0 Å². The van der Waals surface area contributed by atoms with E-state index in [0.717, 1.165) is 41.8 Å². The molecule has 4 aliphatic rings. The molecule has 0 aromatic heterocycles. The smallest absolute Gasteiger partial charge is 0.147 e. The van der Waals surface area contributed by atoms with Crippen LogP contribution in [0.4, 0.5) is 10.1 Å². The zero-order chi connectivity index (χ0) is 20.7. The van der Waals surface area contributed by atoms with Gasteiger partial charge < -0.3 is 15.0 Å². The normalized spacial score (nSPS) is 34.3. The predicted octanol–water partition coefficient (Wildman–Crippen LogP) is 6.08. The largest absolute Gasteiger partial charge is 0.379 e. The molecule has 1 aromatic carbocycles. The van der Waals surface area contributed by atoms with Gasteiger partial charge in [0.2, 0.25) is 0 Å². The number of anilines is 1. The van der Waals surface area contributed by atoms with E-state index in [4.69, 9.17) is 4.74 Å². The Morgan fingerprint density at radius 3 is 2.77 bits per heavy atom. The Hall–Kier alpha value is -1.17. The maximum atomic E-state index is 14.9. The van der Waals surface area contributed by atoms with Crippen LogP contribution in [0, 0.1) is 23.6 Å². The minimum atomic E-state index is -0.186. The Kier molecular flexibility index (Phi) is 6.05. The van der Waals surface area contributed by atoms with Crippen molar-refractivity contribution in [1.82, 2.24) is 4.90 Å². The van der Waals surface area contributed by atoms with Crippen LogP contribution in [-0.2, 0) is 4.74 Å². The molecule has 1 aliphatic carbocycles.